The van der Waals surface area contributed by atoms with Crippen LogP contribution in [0.15, 0.2) is 34.5 Å². The van der Waals surface area contributed by atoms with Gasteiger partial charge in [-0.3, -0.25) is 0 Å². The molecule has 0 spiro atoms. The number of aliphatic hydroxyl groups is 1. The maximum atomic E-state index is 8.86. The second-order valence-corrected chi connectivity index (χ2v) is 5.84. The van der Waals surface area contributed by atoms with E-state index in [4.69, 9.17) is 5.11 Å². The van der Waals surface area contributed by atoms with Crippen molar-refractivity contribution in [3.05, 3.63) is 34.7 Å². The first kappa shape index (κ1) is 12.6. The summed E-state index contributed by atoms with van der Waals surface area (Å²) in [6.07, 6.45) is 0.647. The van der Waals surface area contributed by atoms with Crippen LogP contribution >= 0.6 is 23.1 Å². The van der Waals surface area contributed by atoms with E-state index in [1.54, 1.807) is 11.3 Å². The molecule has 4 heteroatoms. The summed E-state index contributed by atoms with van der Waals surface area (Å²) in [5.41, 5.74) is 2.15. The highest BCUT2D eigenvalue weighted by Crippen LogP contribution is 2.25. The van der Waals surface area contributed by atoms with Crippen molar-refractivity contribution in [2.45, 2.75) is 18.2 Å². The van der Waals surface area contributed by atoms with E-state index in [-0.39, 0.29) is 6.61 Å². The van der Waals surface area contributed by atoms with Crippen LogP contribution in [-0.4, -0.2) is 22.5 Å². The minimum atomic E-state index is 0.166. The van der Waals surface area contributed by atoms with E-state index in [0.717, 1.165) is 22.0 Å². The zero-order valence-corrected chi connectivity index (χ0v) is 11.4. The number of rotatable bonds is 5. The van der Waals surface area contributed by atoms with Crippen molar-refractivity contribution in [1.82, 2.24) is 4.98 Å². The van der Waals surface area contributed by atoms with Crippen LogP contribution in [0.4, 0.5) is 0 Å². The van der Waals surface area contributed by atoms with Gasteiger partial charge in [-0.2, -0.15) is 0 Å². The van der Waals surface area contributed by atoms with Crippen LogP contribution in [-0.2, 0) is 6.42 Å². The van der Waals surface area contributed by atoms with E-state index in [1.165, 1.54) is 4.90 Å². The maximum Gasteiger partial charge on any atom is 0.0955 e. The Morgan fingerprint density at radius 2 is 2.06 bits per heavy atom. The Balaban J connectivity index is 2.15. The van der Waals surface area contributed by atoms with E-state index >= 15 is 0 Å². The molecule has 0 saturated heterocycles. The van der Waals surface area contributed by atoms with Gasteiger partial charge in [0.25, 0.3) is 0 Å². The number of benzene rings is 1. The van der Waals surface area contributed by atoms with Gasteiger partial charge in [0, 0.05) is 28.9 Å². The predicted molar refractivity (Wildman–Crippen MR) is 74.7 cm³/mol. The summed E-state index contributed by atoms with van der Waals surface area (Å²) in [5.74, 6) is 1.09. The molecule has 1 heterocycles. The van der Waals surface area contributed by atoms with E-state index in [0.29, 0.717) is 6.42 Å². The Morgan fingerprint density at radius 3 is 2.71 bits per heavy atom. The molecule has 2 rings (SSSR count). The fraction of sp³-hybridized carbons (Fsp3) is 0.308. The summed E-state index contributed by atoms with van der Waals surface area (Å²) >= 11 is 3.45. The van der Waals surface area contributed by atoms with E-state index in [9.17, 15) is 0 Å². The van der Waals surface area contributed by atoms with Crippen LogP contribution in [0.3, 0.4) is 0 Å². The minimum absolute atomic E-state index is 0.166. The van der Waals surface area contributed by atoms with E-state index in [1.807, 2.05) is 17.1 Å². The summed E-state index contributed by atoms with van der Waals surface area (Å²) in [4.78, 5) is 5.79. The van der Waals surface area contributed by atoms with E-state index in [2.05, 4.69) is 36.2 Å². The first-order valence-electron chi connectivity index (χ1n) is 5.62. The van der Waals surface area contributed by atoms with Gasteiger partial charge in [0.05, 0.1) is 10.7 Å². The normalized spacial score (nSPS) is 10.7. The molecule has 0 bridgehead atoms. The summed E-state index contributed by atoms with van der Waals surface area (Å²) in [6.45, 7) is 2.32. The SMILES string of the molecule is CCSc1ccc(-c2csc(CCO)n2)cc1. The van der Waals surface area contributed by atoms with Gasteiger partial charge in [0.1, 0.15) is 0 Å². The lowest BCUT2D eigenvalue weighted by molar-refractivity contribution is 0.299. The van der Waals surface area contributed by atoms with Crippen molar-refractivity contribution >= 4 is 23.1 Å². The number of thioether (sulfide) groups is 1. The molecular weight excluding hydrogens is 250 g/mol. The molecule has 1 N–H and O–H groups in total. The molecule has 0 fully saturated rings. The highest BCUT2D eigenvalue weighted by Gasteiger charge is 2.04. The zero-order valence-electron chi connectivity index (χ0n) is 9.72. The predicted octanol–water partition coefficient (Wildman–Crippen LogP) is 3.46. The number of thiazole rings is 1. The number of nitrogens with zero attached hydrogens (tertiary/aromatic N) is 1. The summed E-state index contributed by atoms with van der Waals surface area (Å²) < 4.78 is 0. The lowest BCUT2D eigenvalue weighted by atomic mass is 10.2. The lowest BCUT2D eigenvalue weighted by Gasteiger charge is -2.00. The number of aromatic nitrogens is 1. The zero-order chi connectivity index (χ0) is 12.1. The molecule has 0 atom stereocenters. The Bertz CT molecular complexity index is 465. The topological polar surface area (TPSA) is 33.1 Å². The summed E-state index contributed by atoms with van der Waals surface area (Å²) in [7, 11) is 0. The first-order valence-corrected chi connectivity index (χ1v) is 7.48. The van der Waals surface area contributed by atoms with Crippen molar-refractivity contribution in [2.24, 2.45) is 0 Å². The van der Waals surface area contributed by atoms with Gasteiger partial charge in [0.15, 0.2) is 0 Å². The molecule has 17 heavy (non-hydrogen) atoms. The Morgan fingerprint density at radius 1 is 1.29 bits per heavy atom. The van der Waals surface area contributed by atoms with Crippen molar-refractivity contribution in [1.29, 1.82) is 0 Å². The van der Waals surface area contributed by atoms with Crippen LogP contribution in [0.2, 0.25) is 0 Å². The van der Waals surface area contributed by atoms with Gasteiger partial charge in [-0.1, -0.05) is 19.1 Å². The lowest BCUT2D eigenvalue weighted by Crippen LogP contribution is -1.89. The van der Waals surface area contributed by atoms with Gasteiger partial charge in [-0.25, -0.2) is 4.98 Å². The quantitative estimate of drug-likeness (QED) is 0.841. The monoisotopic (exact) mass is 265 g/mol. The van der Waals surface area contributed by atoms with Crippen molar-refractivity contribution in [2.75, 3.05) is 12.4 Å². The first-order chi connectivity index (χ1) is 8.33. The Labute approximate surface area is 110 Å². The molecule has 0 saturated carbocycles. The van der Waals surface area contributed by atoms with Crippen LogP contribution in [0, 0.1) is 0 Å². The van der Waals surface area contributed by atoms with E-state index < -0.39 is 0 Å². The van der Waals surface area contributed by atoms with Gasteiger partial charge < -0.3 is 5.11 Å². The van der Waals surface area contributed by atoms with Gasteiger partial charge >= 0.3 is 0 Å². The second-order valence-electron chi connectivity index (χ2n) is 3.56. The van der Waals surface area contributed by atoms with Crippen molar-refractivity contribution < 1.29 is 5.11 Å². The van der Waals surface area contributed by atoms with Crippen molar-refractivity contribution in [3.63, 3.8) is 0 Å². The molecule has 0 radical (unpaired) electrons. The fourth-order valence-corrected chi connectivity index (χ4v) is 3.00. The maximum absolute atomic E-state index is 8.86. The van der Waals surface area contributed by atoms with Crippen LogP contribution in [0.1, 0.15) is 11.9 Å². The molecule has 90 valence electrons. The van der Waals surface area contributed by atoms with Gasteiger partial charge in [-0.15, -0.1) is 23.1 Å². The van der Waals surface area contributed by atoms with Crippen LogP contribution < -0.4 is 0 Å². The third-order valence-electron chi connectivity index (χ3n) is 2.34. The van der Waals surface area contributed by atoms with Crippen LogP contribution in [0.5, 0.6) is 0 Å². The Hall–Kier alpha value is -0.840. The van der Waals surface area contributed by atoms with Crippen molar-refractivity contribution in [3.8, 4) is 11.3 Å². The average Bonchev–Trinajstić information content (AvgIpc) is 2.80. The largest absolute Gasteiger partial charge is 0.396 e. The smallest absolute Gasteiger partial charge is 0.0955 e. The molecule has 1 aromatic heterocycles. The number of hydrogen-bond acceptors (Lipinski definition) is 4. The highest BCUT2D eigenvalue weighted by atomic mass is 32.2. The summed E-state index contributed by atoms with van der Waals surface area (Å²) in [6, 6.07) is 8.48. The molecule has 0 amide bonds. The second kappa shape index (κ2) is 6.19. The number of aliphatic hydroxyl groups excluding tert-OH is 1. The highest BCUT2D eigenvalue weighted by molar-refractivity contribution is 7.99. The number of hydrogen-bond donors (Lipinski definition) is 1. The third kappa shape index (κ3) is 3.31. The van der Waals surface area contributed by atoms with Crippen LogP contribution in [0.25, 0.3) is 11.3 Å². The minimum Gasteiger partial charge on any atom is -0.396 e. The molecule has 2 aromatic rings. The third-order valence-corrected chi connectivity index (χ3v) is 4.14. The fourth-order valence-electron chi connectivity index (χ4n) is 1.54. The standard InChI is InChI=1S/C13H15NOS2/c1-2-16-11-5-3-10(4-6-11)12-9-17-13(14-12)7-8-15/h3-6,9,15H,2,7-8H2,1H3. The Kier molecular flexibility index (Phi) is 4.59. The molecule has 1 aromatic carbocycles. The molecule has 0 aliphatic carbocycles. The summed E-state index contributed by atoms with van der Waals surface area (Å²) in [5, 5.41) is 11.9. The molecule has 0 aliphatic heterocycles. The average molecular weight is 265 g/mol. The molecule has 0 unspecified atom stereocenters. The van der Waals surface area contributed by atoms with Gasteiger partial charge in [-0.05, 0) is 17.9 Å². The molecular formula is C13H15NOS2. The molecule has 2 nitrogen and oxygen atoms in total. The molecule has 0 aliphatic rings. The van der Waals surface area contributed by atoms with Gasteiger partial charge in [0.2, 0.25) is 0 Å².